The van der Waals surface area contributed by atoms with Gasteiger partial charge in [0.25, 0.3) is 0 Å². The van der Waals surface area contributed by atoms with E-state index in [1.54, 1.807) is 6.92 Å². The van der Waals surface area contributed by atoms with E-state index >= 15 is 0 Å². The molecule has 3 nitrogen and oxygen atoms in total. The second-order valence-corrected chi connectivity index (χ2v) is 3.41. The van der Waals surface area contributed by atoms with Gasteiger partial charge in [-0.25, -0.2) is 0 Å². The number of amides is 1. The summed E-state index contributed by atoms with van der Waals surface area (Å²) in [6, 6.07) is 0. The second-order valence-electron chi connectivity index (χ2n) is 3.41. The Hall–Kier alpha value is -1.25. The molecule has 0 unspecified atom stereocenters. The number of allylic oxidation sites excluding steroid dienone is 1. The molecule has 0 spiro atoms. The summed E-state index contributed by atoms with van der Waals surface area (Å²) in [7, 11) is 0. The Balaban J connectivity index is 3.26. The van der Waals surface area contributed by atoms with Crippen molar-refractivity contribution in [2.24, 2.45) is 0 Å². The SMILES string of the molecule is C=C(O)CCCCCNC(=O)C(=C)C. The van der Waals surface area contributed by atoms with E-state index in [0.717, 1.165) is 19.3 Å². The van der Waals surface area contributed by atoms with Crippen molar-refractivity contribution in [3.63, 3.8) is 0 Å². The first-order chi connectivity index (χ1) is 6.54. The van der Waals surface area contributed by atoms with Crippen LogP contribution in [0.2, 0.25) is 0 Å². The minimum atomic E-state index is -0.0865. The molecule has 0 aliphatic heterocycles. The molecule has 0 fully saturated rings. The van der Waals surface area contributed by atoms with Gasteiger partial charge in [-0.1, -0.05) is 19.6 Å². The number of unbranched alkanes of at least 4 members (excludes halogenated alkanes) is 2. The van der Waals surface area contributed by atoms with Gasteiger partial charge in [-0.15, -0.1) is 0 Å². The average molecular weight is 197 g/mol. The summed E-state index contributed by atoms with van der Waals surface area (Å²) in [5, 5.41) is 11.5. The van der Waals surface area contributed by atoms with Crippen LogP contribution in [-0.2, 0) is 4.79 Å². The predicted octanol–water partition coefficient (Wildman–Crippen LogP) is 2.31. The van der Waals surface area contributed by atoms with Gasteiger partial charge in [-0.05, 0) is 19.8 Å². The van der Waals surface area contributed by atoms with Crippen LogP contribution >= 0.6 is 0 Å². The highest BCUT2D eigenvalue weighted by Crippen LogP contribution is 2.03. The normalized spacial score (nSPS) is 9.50. The van der Waals surface area contributed by atoms with Crippen molar-refractivity contribution in [3.8, 4) is 0 Å². The van der Waals surface area contributed by atoms with Crippen LogP contribution in [0, 0.1) is 0 Å². The highest BCUT2D eigenvalue weighted by Gasteiger charge is 1.99. The van der Waals surface area contributed by atoms with Gasteiger partial charge in [0, 0.05) is 18.5 Å². The number of hydrogen-bond donors (Lipinski definition) is 2. The quantitative estimate of drug-likeness (QED) is 0.374. The van der Waals surface area contributed by atoms with Crippen LogP contribution in [0.1, 0.15) is 32.6 Å². The maximum atomic E-state index is 11.0. The van der Waals surface area contributed by atoms with Gasteiger partial charge >= 0.3 is 0 Å². The molecule has 0 radical (unpaired) electrons. The van der Waals surface area contributed by atoms with Gasteiger partial charge in [0.05, 0.1) is 5.76 Å². The van der Waals surface area contributed by atoms with Crippen molar-refractivity contribution < 1.29 is 9.90 Å². The fourth-order valence-corrected chi connectivity index (χ4v) is 0.984. The zero-order valence-electron chi connectivity index (χ0n) is 8.81. The molecule has 0 heterocycles. The van der Waals surface area contributed by atoms with E-state index in [2.05, 4.69) is 18.5 Å². The predicted molar refractivity (Wildman–Crippen MR) is 58.1 cm³/mol. The number of carbonyl (C=O) groups is 1. The van der Waals surface area contributed by atoms with E-state index in [-0.39, 0.29) is 11.7 Å². The van der Waals surface area contributed by atoms with Gasteiger partial charge < -0.3 is 10.4 Å². The number of nitrogens with one attached hydrogen (secondary N) is 1. The van der Waals surface area contributed by atoms with E-state index < -0.39 is 0 Å². The van der Waals surface area contributed by atoms with E-state index in [4.69, 9.17) is 5.11 Å². The summed E-state index contributed by atoms with van der Waals surface area (Å²) in [5.41, 5.74) is 0.536. The van der Waals surface area contributed by atoms with Crippen LogP contribution < -0.4 is 5.32 Å². The van der Waals surface area contributed by atoms with Gasteiger partial charge in [0.15, 0.2) is 0 Å². The average Bonchev–Trinajstić information content (AvgIpc) is 2.09. The third-order valence-corrected chi connectivity index (χ3v) is 1.82. The molecule has 0 bridgehead atoms. The molecular formula is C11H19NO2. The summed E-state index contributed by atoms with van der Waals surface area (Å²) >= 11 is 0. The summed E-state index contributed by atoms with van der Waals surface area (Å²) < 4.78 is 0. The number of carbonyl (C=O) groups excluding carboxylic acids is 1. The van der Waals surface area contributed by atoms with Crippen LogP contribution in [0.5, 0.6) is 0 Å². The third kappa shape index (κ3) is 7.40. The lowest BCUT2D eigenvalue weighted by Crippen LogP contribution is -2.24. The summed E-state index contributed by atoms with van der Waals surface area (Å²) in [6.07, 6.45) is 3.47. The Morgan fingerprint density at radius 1 is 1.29 bits per heavy atom. The molecular weight excluding hydrogens is 178 g/mol. The summed E-state index contributed by atoms with van der Waals surface area (Å²) in [4.78, 5) is 11.0. The Bertz CT molecular complexity index is 221. The lowest BCUT2D eigenvalue weighted by Gasteiger charge is -2.04. The highest BCUT2D eigenvalue weighted by atomic mass is 16.3. The summed E-state index contributed by atoms with van der Waals surface area (Å²) in [6.45, 7) is 9.29. The fraction of sp³-hybridized carbons (Fsp3) is 0.545. The lowest BCUT2D eigenvalue weighted by molar-refractivity contribution is -0.117. The van der Waals surface area contributed by atoms with Crippen molar-refractivity contribution >= 4 is 5.91 Å². The minimum absolute atomic E-state index is 0.0865. The lowest BCUT2D eigenvalue weighted by atomic mass is 10.2. The Labute approximate surface area is 85.5 Å². The topological polar surface area (TPSA) is 49.3 Å². The minimum Gasteiger partial charge on any atom is -0.513 e. The van der Waals surface area contributed by atoms with Crippen LogP contribution in [0.15, 0.2) is 24.5 Å². The number of rotatable bonds is 7. The van der Waals surface area contributed by atoms with Crippen molar-refractivity contribution in [2.75, 3.05) is 6.54 Å². The third-order valence-electron chi connectivity index (χ3n) is 1.82. The molecule has 3 heteroatoms. The highest BCUT2D eigenvalue weighted by molar-refractivity contribution is 5.91. The van der Waals surface area contributed by atoms with Crippen LogP contribution in [0.3, 0.4) is 0 Å². The first kappa shape index (κ1) is 12.8. The van der Waals surface area contributed by atoms with Crippen molar-refractivity contribution in [2.45, 2.75) is 32.6 Å². The van der Waals surface area contributed by atoms with Gasteiger partial charge in [-0.2, -0.15) is 0 Å². The van der Waals surface area contributed by atoms with Gasteiger partial charge in [0.2, 0.25) is 5.91 Å². The van der Waals surface area contributed by atoms with Gasteiger partial charge in [-0.3, -0.25) is 4.79 Å². The first-order valence-corrected chi connectivity index (χ1v) is 4.84. The standard InChI is InChI=1S/C11H19NO2/c1-9(2)11(14)12-8-6-4-5-7-10(3)13/h13H,1,3-8H2,2H3,(H,12,14). The van der Waals surface area contributed by atoms with Crippen molar-refractivity contribution in [1.82, 2.24) is 5.32 Å². The number of hydrogen-bond acceptors (Lipinski definition) is 2. The molecule has 0 aliphatic rings. The van der Waals surface area contributed by atoms with Crippen molar-refractivity contribution in [3.05, 3.63) is 24.5 Å². The van der Waals surface area contributed by atoms with Crippen molar-refractivity contribution in [1.29, 1.82) is 0 Å². The largest absolute Gasteiger partial charge is 0.513 e. The molecule has 0 saturated carbocycles. The molecule has 0 aromatic rings. The molecule has 1 amide bonds. The molecule has 0 aromatic carbocycles. The second kappa shape index (κ2) is 7.18. The van der Waals surface area contributed by atoms with Crippen LogP contribution in [0.25, 0.3) is 0 Å². The molecule has 0 saturated heterocycles. The fourth-order valence-electron chi connectivity index (χ4n) is 0.984. The number of aliphatic hydroxyl groups excluding tert-OH is 1. The molecule has 0 atom stereocenters. The molecule has 0 aromatic heterocycles. The molecule has 0 aliphatic carbocycles. The van der Waals surface area contributed by atoms with E-state index in [1.807, 2.05) is 0 Å². The van der Waals surface area contributed by atoms with E-state index in [9.17, 15) is 4.79 Å². The first-order valence-electron chi connectivity index (χ1n) is 4.84. The molecule has 0 rings (SSSR count). The maximum absolute atomic E-state index is 11.0. The van der Waals surface area contributed by atoms with Gasteiger partial charge in [0.1, 0.15) is 0 Å². The smallest absolute Gasteiger partial charge is 0.246 e. The Morgan fingerprint density at radius 3 is 2.43 bits per heavy atom. The monoisotopic (exact) mass is 197 g/mol. The van der Waals surface area contributed by atoms with E-state index in [0.29, 0.717) is 18.5 Å². The Morgan fingerprint density at radius 2 is 1.93 bits per heavy atom. The Kier molecular flexibility index (Phi) is 6.54. The molecule has 2 N–H and O–H groups in total. The molecule has 80 valence electrons. The number of aliphatic hydroxyl groups is 1. The molecule has 14 heavy (non-hydrogen) atoms. The maximum Gasteiger partial charge on any atom is 0.246 e. The van der Waals surface area contributed by atoms with E-state index in [1.165, 1.54) is 0 Å². The van der Waals surface area contributed by atoms with Crippen LogP contribution in [0.4, 0.5) is 0 Å². The zero-order chi connectivity index (χ0) is 11.0. The summed E-state index contributed by atoms with van der Waals surface area (Å²) in [5.74, 6) is 0.146. The van der Waals surface area contributed by atoms with Crippen LogP contribution in [-0.4, -0.2) is 17.6 Å². The zero-order valence-corrected chi connectivity index (χ0v) is 8.81.